The summed E-state index contributed by atoms with van der Waals surface area (Å²) in [6, 6.07) is 22.6. The van der Waals surface area contributed by atoms with Crippen LogP contribution in [-0.4, -0.2) is 45.0 Å². The van der Waals surface area contributed by atoms with E-state index in [0.717, 1.165) is 54.5 Å². The Morgan fingerprint density at radius 3 is 2.19 bits per heavy atom. The van der Waals surface area contributed by atoms with Gasteiger partial charge in [-0.05, 0) is 67.7 Å². The van der Waals surface area contributed by atoms with Crippen molar-refractivity contribution in [1.29, 1.82) is 0 Å². The van der Waals surface area contributed by atoms with Crippen molar-refractivity contribution < 1.29 is 0 Å². The molecule has 7 rings (SSSR count). The fourth-order valence-corrected chi connectivity index (χ4v) is 6.08. The summed E-state index contributed by atoms with van der Waals surface area (Å²) in [4.78, 5) is 19.1. The van der Waals surface area contributed by atoms with E-state index in [4.69, 9.17) is 9.97 Å². The van der Waals surface area contributed by atoms with Crippen LogP contribution < -0.4 is 5.32 Å². The molecule has 2 aliphatic heterocycles. The van der Waals surface area contributed by atoms with Gasteiger partial charge in [-0.3, -0.25) is 4.90 Å². The second-order valence-corrected chi connectivity index (χ2v) is 10.4. The van der Waals surface area contributed by atoms with Crippen LogP contribution in [0.4, 0.5) is 0 Å². The average molecular weight is 489 g/mol. The summed E-state index contributed by atoms with van der Waals surface area (Å²) in [5, 5.41) is 5.98. The Labute approximate surface area is 217 Å². The maximum Gasteiger partial charge on any atom is 0.124 e. The van der Waals surface area contributed by atoms with Gasteiger partial charge in [-0.1, -0.05) is 60.7 Å². The van der Waals surface area contributed by atoms with E-state index in [0.29, 0.717) is 12.1 Å². The van der Waals surface area contributed by atoms with Gasteiger partial charge in [0, 0.05) is 23.5 Å². The highest BCUT2D eigenvalue weighted by Crippen LogP contribution is 2.37. The van der Waals surface area contributed by atoms with Gasteiger partial charge in [-0.25, -0.2) is 9.97 Å². The number of aromatic amines is 2. The number of nitrogens with one attached hydrogen (secondary N) is 3. The molecule has 0 amide bonds. The number of likely N-dealkylation sites (tertiary alicyclic amines) is 1. The predicted octanol–water partition coefficient (Wildman–Crippen LogP) is 6.48. The van der Waals surface area contributed by atoms with E-state index < -0.39 is 0 Å². The van der Waals surface area contributed by atoms with Crippen molar-refractivity contribution in [2.24, 2.45) is 0 Å². The van der Waals surface area contributed by atoms with Crippen LogP contribution in [0.1, 0.15) is 49.4 Å². The van der Waals surface area contributed by atoms with Crippen molar-refractivity contribution in [2.75, 3.05) is 20.1 Å². The van der Waals surface area contributed by atoms with E-state index >= 15 is 0 Å². The summed E-state index contributed by atoms with van der Waals surface area (Å²) in [5.74, 6) is 2.11. The summed E-state index contributed by atoms with van der Waals surface area (Å²) in [7, 11) is 2.19. The predicted molar refractivity (Wildman–Crippen MR) is 149 cm³/mol. The monoisotopic (exact) mass is 488 g/mol. The highest BCUT2D eigenvalue weighted by atomic mass is 15.2. The van der Waals surface area contributed by atoms with E-state index in [1.165, 1.54) is 40.3 Å². The molecule has 3 N–H and O–H groups in total. The highest BCUT2D eigenvalue weighted by Gasteiger charge is 2.25. The smallest absolute Gasteiger partial charge is 0.124 e. The van der Waals surface area contributed by atoms with Crippen LogP contribution in [0.5, 0.6) is 0 Å². The maximum absolute atomic E-state index is 5.03. The van der Waals surface area contributed by atoms with Crippen LogP contribution >= 0.6 is 0 Å². The lowest BCUT2D eigenvalue weighted by Crippen LogP contribution is -2.18. The minimum absolute atomic E-state index is 0.350. The van der Waals surface area contributed by atoms with Gasteiger partial charge in [-0.2, -0.15) is 0 Å². The number of benzene rings is 3. The quantitative estimate of drug-likeness (QED) is 0.265. The molecule has 2 aliphatic rings. The Balaban J connectivity index is 1.20. The molecule has 6 nitrogen and oxygen atoms in total. The zero-order valence-corrected chi connectivity index (χ0v) is 21.2. The van der Waals surface area contributed by atoms with Crippen LogP contribution in [-0.2, 0) is 0 Å². The Bertz CT molecular complexity index is 1540. The first-order valence-corrected chi connectivity index (χ1v) is 13.4. The summed E-state index contributed by atoms with van der Waals surface area (Å²) in [6.45, 7) is 2.21. The molecular formula is C31H32N6. The van der Waals surface area contributed by atoms with Crippen LogP contribution in [0.25, 0.3) is 44.4 Å². The van der Waals surface area contributed by atoms with E-state index in [2.05, 4.69) is 94.1 Å². The van der Waals surface area contributed by atoms with Crippen LogP contribution in [0, 0.1) is 0 Å². The molecule has 0 spiro atoms. The van der Waals surface area contributed by atoms with Crippen LogP contribution in [0.15, 0.2) is 73.1 Å². The number of nitrogens with zero attached hydrogens (tertiary/aromatic N) is 3. The van der Waals surface area contributed by atoms with Gasteiger partial charge in [0.25, 0.3) is 0 Å². The lowest BCUT2D eigenvalue weighted by atomic mass is 9.93. The summed E-state index contributed by atoms with van der Waals surface area (Å²) in [6.07, 6.45) is 8.84. The molecule has 186 valence electrons. The Kier molecular flexibility index (Phi) is 5.64. The van der Waals surface area contributed by atoms with E-state index in [9.17, 15) is 0 Å². The third-order valence-corrected chi connectivity index (χ3v) is 8.11. The van der Waals surface area contributed by atoms with Crippen molar-refractivity contribution in [3.8, 4) is 33.6 Å². The second kappa shape index (κ2) is 9.29. The zero-order valence-electron chi connectivity index (χ0n) is 21.2. The lowest BCUT2D eigenvalue weighted by Gasteiger charge is -2.16. The molecule has 4 heterocycles. The topological polar surface area (TPSA) is 72.6 Å². The molecule has 2 atom stereocenters. The largest absolute Gasteiger partial charge is 0.347 e. The van der Waals surface area contributed by atoms with Gasteiger partial charge < -0.3 is 15.3 Å². The summed E-state index contributed by atoms with van der Waals surface area (Å²) < 4.78 is 0. The first-order valence-electron chi connectivity index (χ1n) is 13.4. The molecule has 5 aromatic rings. The molecule has 2 saturated heterocycles. The van der Waals surface area contributed by atoms with Crippen molar-refractivity contribution in [3.63, 3.8) is 0 Å². The van der Waals surface area contributed by atoms with Crippen LogP contribution in [0.2, 0.25) is 0 Å². The number of hydrogen-bond acceptors (Lipinski definition) is 4. The number of H-pyrrole nitrogens is 2. The van der Waals surface area contributed by atoms with Gasteiger partial charge >= 0.3 is 0 Å². The first-order chi connectivity index (χ1) is 18.2. The Morgan fingerprint density at radius 1 is 0.730 bits per heavy atom. The standard InChI is InChI=1S/C31H32N6/c1-37-17-5-9-29(37)31-34-19-28(36-31)25-15-14-22(23-6-2-3-7-24(23)25)20-10-12-21(13-11-20)27-18-33-30(35-27)26-8-4-16-32-26/h2-3,6-7,10-15,18-19,26,29,32H,4-5,8-9,16-17H2,1H3,(H,33,35)(H,34,36)/t26-,29-/m0/s1. The average Bonchev–Trinajstić information content (AvgIpc) is 3.75. The Hall–Kier alpha value is -3.74. The number of fused-ring (bicyclic) bond motifs is 1. The maximum atomic E-state index is 5.03. The van der Waals surface area contributed by atoms with Crippen molar-refractivity contribution in [1.82, 2.24) is 30.2 Å². The number of imidazole rings is 2. The van der Waals surface area contributed by atoms with Crippen LogP contribution in [0.3, 0.4) is 0 Å². The fraction of sp³-hybridized carbons (Fsp3) is 0.290. The minimum Gasteiger partial charge on any atom is -0.347 e. The molecule has 37 heavy (non-hydrogen) atoms. The zero-order chi connectivity index (χ0) is 24.8. The van der Waals surface area contributed by atoms with Crippen molar-refractivity contribution in [2.45, 2.75) is 37.8 Å². The third kappa shape index (κ3) is 4.06. The van der Waals surface area contributed by atoms with Gasteiger partial charge in [0.05, 0.1) is 23.5 Å². The van der Waals surface area contributed by atoms with E-state index in [1.807, 2.05) is 6.20 Å². The summed E-state index contributed by atoms with van der Waals surface area (Å²) in [5.41, 5.74) is 6.75. The molecule has 0 radical (unpaired) electrons. The van der Waals surface area contributed by atoms with Gasteiger partial charge in [0.15, 0.2) is 0 Å². The van der Waals surface area contributed by atoms with Gasteiger partial charge in [0.2, 0.25) is 0 Å². The molecule has 0 aliphatic carbocycles. The first kappa shape index (κ1) is 22.5. The van der Waals surface area contributed by atoms with Gasteiger partial charge in [-0.15, -0.1) is 0 Å². The Morgan fingerprint density at radius 2 is 1.43 bits per heavy atom. The van der Waals surface area contributed by atoms with Crippen molar-refractivity contribution in [3.05, 3.63) is 84.7 Å². The molecular weight excluding hydrogens is 456 g/mol. The fourth-order valence-electron chi connectivity index (χ4n) is 6.08. The molecule has 2 fully saturated rings. The second-order valence-electron chi connectivity index (χ2n) is 10.4. The van der Waals surface area contributed by atoms with Crippen molar-refractivity contribution >= 4 is 10.8 Å². The molecule has 0 bridgehead atoms. The third-order valence-electron chi connectivity index (χ3n) is 8.11. The van der Waals surface area contributed by atoms with E-state index in [-0.39, 0.29) is 0 Å². The molecule has 0 saturated carbocycles. The van der Waals surface area contributed by atoms with Gasteiger partial charge in [0.1, 0.15) is 11.6 Å². The summed E-state index contributed by atoms with van der Waals surface area (Å²) >= 11 is 0. The molecule has 3 aromatic carbocycles. The highest BCUT2D eigenvalue weighted by molar-refractivity contribution is 6.04. The number of hydrogen-bond donors (Lipinski definition) is 3. The molecule has 2 aromatic heterocycles. The van der Waals surface area contributed by atoms with E-state index in [1.54, 1.807) is 0 Å². The SMILES string of the molecule is CN1CCC[C@H]1c1nc(-c2ccc(-c3ccc(-c4c[nH]c([C@@H]5CCCN5)n4)cc3)c3ccccc23)c[nH]1. The molecule has 6 heteroatoms. The number of rotatable bonds is 5. The lowest BCUT2D eigenvalue weighted by molar-refractivity contribution is 0.307. The molecule has 0 unspecified atom stereocenters. The minimum atomic E-state index is 0.350. The number of aromatic nitrogens is 4. The normalized spacial score (nSPS) is 20.2.